The molecule has 33 heavy (non-hydrogen) atoms. The van der Waals surface area contributed by atoms with E-state index >= 15 is 0 Å². The van der Waals surface area contributed by atoms with Crippen molar-refractivity contribution in [1.29, 1.82) is 0 Å². The van der Waals surface area contributed by atoms with Crippen LogP contribution in [0.4, 0.5) is 0 Å². The Balaban J connectivity index is 1.84. The van der Waals surface area contributed by atoms with Gasteiger partial charge in [-0.3, -0.25) is 4.98 Å². The van der Waals surface area contributed by atoms with E-state index in [0.717, 1.165) is 40.0 Å². The molecule has 0 aliphatic carbocycles. The van der Waals surface area contributed by atoms with Gasteiger partial charge in [0.05, 0.1) is 59.5 Å². The molecule has 0 saturated heterocycles. The molecular formula is C25H29N5O3. The van der Waals surface area contributed by atoms with Crippen molar-refractivity contribution in [3.8, 4) is 22.8 Å². The Morgan fingerprint density at radius 3 is 2.64 bits per heavy atom. The quantitative estimate of drug-likeness (QED) is 0.402. The summed E-state index contributed by atoms with van der Waals surface area (Å²) in [5.41, 5.74) is 10.3. The van der Waals surface area contributed by atoms with E-state index in [4.69, 9.17) is 20.2 Å². The highest BCUT2D eigenvalue weighted by Gasteiger charge is 2.20. The van der Waals surface area contributed by atoms with Crippen molar-refractivity contribution >= 4 is 10.9 Å². The molecule has 1 aromatic carbocycles. The van der Waals surface area contributed by atoms with Gasteiger partial charge in [0.1, 0.15) is 5.75 Å². The average Bonchev–Trinajstić information content (AvgIpc) is 3.29. The van der Waals surface area contributed by atoms with Gasteiger partial charge < -0.3 is 20.3 Å². The second kappa shape index (κ2) is 10.1. The zero-order chi connectivity index (χ0) is 23.4. The lowest BCUT2D eigenvalue weighted by molar-refractivity contribution is 0.0761. The highest BCUT2D eigenvalue weighted by molar-refractivity contribution is 5.90. The summed E-state index contributed by atoms with van der Waals surface area (Å²) >= 11 is 0. The van der Waals surface area contributed by atoms with E-state index in [2.05, 4.69) is 10.1 Å². The molecule has 0 amide bonds. The van der Waals surface area contributed by atoms with Crippen LogP contribution in [0, 0.1) is 0 Å². The molecular weight excluding hydrogens is 418 g/mol. The summed E-state index contributed by atoms with van der Waals surface area (Å²) in [6, 6.07) is 15.0. The van der Waals surface area contributed by atoms with Crippen molar-refractivity contribution in [2.24, 2.45) is 5.73 Å². The van der Waals surface area contributed by atoms with Gasteiger partial charge >= 0.3 is 0 Å². The van der Waals surface area contributed by atoms with E-state index in [1.807, 2.05) is 56.3 Å². The maximum Gasteiger partial charge on any atom is 0.154 e. The molecule has 3 N–H and O–H groups in total. The number of ether oxygens (including phenoxy) is 2. The molecule has 0 radical (unpaired) electrons. The second-order valence-corrected chi connectivity index (χ2v) is 7.70. The molecule has 0 saturated carbocycles. The molecule has 4 rings (SSSR count). The van der Waals surface area contributed by atoms with Crippen LogP contribution in [0.5, 0.6) is 5.75 Å². The maximum atomic E-state index is 9.49. The monoisotopic (exact) mass is 447 g/mol. The predicted molar refractivity (Wildman–Crippen MR) is 127 cm³/mol. The fourth-order valence-electron chi connectivity index (χ4n) is 3.93. The Labute approximate surface area is 193 Å². The normalized spacial score (nSPS) is 13.2. The zero-order valence-corrected chi connectivity index (χ0v) is 19.1. The number of nitrogens with zero attached hydrogens (tertiary/aromatic N) is 4. The highest BCUT2D eigenvalue weighted by atomic mass is 16.5. The molecule has 0 aliphatic rings. The van der Waals surface area contributed by atoms with Crippen LogP contribution in [-0.4, -0.2) is 44.7 Å². The number of benzene rings is 1. The van der Waals surface area contributed by atoms with E-state index in [0.29, 0.717) is 18.1 Å². The van der Waals surface area contributed by atoms with Crippen LogP contribution in [0.1, 0.15) is 37.7 Å². The van der Waals surface area contributed by atoms with Crippen LogP contribution in [0.15, 0.2) is 54.7 Å². The molecule has 0 fully saturated rings. The largest absolute Gasteiger partial charge is 0.493 e. The van der Waals surface area contributed by atoms with E-state index in [1.165, 1.54) is 0 Å². The number of methoxy groups -OCH3 is 1. The first-order chi connectivity index (χ1) is 16.1. The number of nitrogens with two attached hydrogens (primary N) is 1. The van der Waals surface area contributed by atoms with Gasteiger partial charge in [0.25, 0.3) is 0 Å². The third kappa shape index (κ3) is 4.59. The third-order valence-corrected chi connectivity index (χ3v) is 5.64. The van der Waals surface area contributed by atoms with Gasteiger partial charge in [0, 0.05) is 12.7 Å². The fourth-order valence-corrected chi connectivity index (χ4v) is 3.93. The first kappa shape index (κ1) is 22.8. The Morgan fingerprint density at radius 2 is 1.91 bits per heavy atom. The molecule has 0 aliphatic heterocycles. The number of aliphatic hydroxyl groups is 1. The molecule has 0 bridgehead atoms. The number of rotatable bonds is 9. The first-order valence-electron chi connectivity index (χ1n) is 11.1. The standard InChI is InChI=1S/C25H29N5O3/c1-4-22(32-3)25(26)20-10-7-9-19(29-20)16-12-21-18(23(13-16)33-5-2)14-27-30(21)24-11-6-8-17(15-31)28-24/h6-14,22,25,31H,4-5,15,26H2,1-3H3/t22-,25+/m0/s1. The van der Waals surface area contributed by atoms with Gasteiger partial charge in [0.2, 0.25) is 0 Å². The first-order valence-corrected chi connectivity index (χ1v) is 11.1. The average molecular weight is 448 g/mol. The van der Waals surface area contributed by atoms with Gasteiger partial charge in [-0.05, 0) is 49.7 Å². The summed E-state index contributed by atoms with van der Waals surface area (Å²) in [4.78, 5) is 9.34. The van der Waals surface area contributed by atoms with Crippen molar-refractivity contribution in [2.45, 2.75) is 39.0 Å². The van der Waals surface area contributed by atoms with Gasteiger partial charge in [-0.2, -0.15) is 5.10 Å². The number of aliphatic hydroxyl groups excluding tert-OH is 1. The van der Waals surface area contributed by atoms with Crippen molar-refractivity contribution < 1.29 is 14.6 Å². The highest BCUT2D eigenvalue weighted by Crippen LogP contribution is 2.33. The summed E-state index contributed by atoms with van der Waals surface area (Å²) < 4.78 is 13.2. The second-order valence-electron chi connectivity index (χ2n) is 7.70. The van der Waals surface area contributed by atoms with Crippen molar-refractivity contribution in [3.05, 3.63) is 66.1 Å². The molecule has 0 unspecified atom stereocenters. The van der Waals surface area contributed by atoms with Gasteiger partial charge in [-0.15, -0.1) is 0 Å². The van der Waals surface area contributed by atoms with Gasteiger partial charge in [-0.1, -0.05) is 19.1 Å². The molecule has 3 aromatic heterocycles. The maximum absolute atomic E-state index is 9.49. The lowest BCUT2D eigenvalue weighted by atomic mass is 10.0. The van der Waals surface area contributed by atoms with E-state index < -0.39 is 0 Å². The minimum atomic E-state index is -0.328. The topological polar surface area (TPSA) is 108 Å². The molecule has 172 valence electrons. The lowest BCUT2D eigenvalue weighted by Crippen LogP contribution is -2.28. The molecule has 8 nitrogen and oxygen atoms in total. The number of pyridine rings is 2. The predicted octanol–water partition coefficient (Wildman–Crippen LogP) is 3.80. The summed E-state index contributed by atoms with van der Waals surface area (Å²) in [6.45, 7) is 4.37. The van der Waals surface area contributed by atoms with Crippen LogP contribution in [-0.2, 0) is 11.3 Å². The van der Waals surface area contributed by atoms with Gasteiger partial charge in [-0.25, -0.2) is 9.67 Å². The molecule has 4 aromatic rings. The van der Waals surface area contributed by atoms with E-state index in [1.54, 1.807) is 24.1 Å². The Kier molecular flexibility index (Phi) is 6.98. The fraction of sp³-hybridized carbons (Fsp3) is 0.320. The summed E-state index contributed by atoms with van der Waals surface area (Å²) in [6.07, 6.45) is 2.45. The zero-order valence-electron chi connectivity index (χ0n) is 19.1. The molecule has 2 atom stereocenters. The smallest absolute Gasteiger partial charge is 0.154 e. The minimum Gasteiger partial charge on any atom is -0.493 e. The Morgan fingerprint density at radius 1 is 1.09 bits per heavy atom. The SMILES string of the molecule is CCOc1cc(-c2cccc([C@@H](N)[C@H](CC)OC)n2)cc2c1cnn2-c1cccc(CO)n1. The van der Waals surface area contributed by atoms with Crippen molar-refractivity contribution in [1.82, 2.24) is 19.7 Å². The van der Waals surface area contributed by atoms with E-state index in [-0.39, 0.29) is 18.8 Å². The minimum absolute atomic E-state index is 0.111. The lowest BCUT2D eigenvalue weighted by Gasteiger charge is -2.21. The number of fused-ring (bicyclic) bond motifs is 1. The number of aromatic nitrogens is 4. The molecule has 8 heteroatoms. The number of hydrogen-bond donors (Lipinski definition) is 2. The van der Waals surface area contributed by atoms with E-state index in [9.17, 15) is 5.11 Å². The van der Waals surface area contributed by atoms with Gasteiger partial charge in [0.15, 0.2) is 5.82 Å². The van der Waals surface area contributed by atoms with Crippen LogP contribution in [0.2, 0.25) is 0 Å². The summed E-state index contributed by atoms with van der Waals surface area (Å²) in [5.74, 6) is 1.33. The van der Waals surface area contributed by atoms with Crippen LogP contribution < -0.4 is 10.5 Å². The summed E-state index contributed by atoms with van der Waals surface area (Å²) in [5, 5.41) is 14.9. The number of hydrogen-bond acceptors (Lipinski definition) is 7. The van der Waals surface area contributed by atoms with Crippen LogP contribution in [0.25, 0.3) is 28.0 Å². The molecule has 0 spiro atoms. The third-order valence-electron chi connectivity index (χ3n) is 5.64. The van der Waals surface area contributed by atoms with Crippen LogP contribution in [0.3, 0.4) is 0 Å². The molecule has 3 heterocycles. The van der Waals surface area contributed by atoms with Crippen molar-refractivity contribution in [2.75, 3.05) is 13.7 Å². The Bertz CT molecular complexity index is 1240. The summed E-state index contributed by atoms with van der Waals surface area (Å²) in [7, 11) is 1.67. The Hall–Kier alpha value is -3.33. The van der Waals surface area contributed by atoms with Crippen LogP contribution >= 0.6 is 0 Å². The van der Waals surface area contributed by atoms with Crippen molar-refractivity contribution in [3.63, 3.8) is 0 Å².